The monoisotopic (exact) mass is 445 g/mol. The number of carbonyl (C=O) groups excluding carboxylic acids is 1. The molecule has 1 aromatic heterocycles. The van der Waals surface area contributed by atoms with Crippen LogP contribution >= 0.6 is 0 Å². The summed E-state index contributed by atoms with van der Waals surface area (Å²) < 4.78 is 24.0. The lowest BCUT2D eigenvalue weighted by molar-refractivity contribution is -0.121. The molecule has 0 aliphatic heterocycles. The number of nitrogens with zero attached hydrogens (tertiary/aromatic N) is 2. The number of amides is 1. The fraction of sp³-hybridized carbons (Fsp3) is 0.192. The van der Waals surface area contributed by atoms with Gasteiger partial charge in [0.2, 0.25) is 17.6 Å². The molecule has 1 amide bonds. The molecule has 0 aliphatic rings. The van der Waals surface area contributed by atoms with Crippen LogP contribution in [0, 0.1) is 5.82 Å². The summed E-state index contributed by atoms with van der Waals surface area (Å²) in [6, 6.07) is 23.5. The number of para-hydroxylation sites is 1. The fourth-order valence-electron chi connectivity index (χ4n) is 3.27. The van der Waals surface area contributed by atoms with Gasteiger partial charge in [-0.1, -0.05) is 47.6 Å². The van der Waals surface area contributed by atoms with Gasteiger partial charge in [-0.05, 0) is 53.9 Å². The second kappa shape index (κ2) is 11.0. The van der Waals surface area contributed by atoms with Gasteiger partial charge in [-0.3, -0.25) is 4.79 Å². The summed E-state index contributed by atoms with van der Waals surface area (Å²) in [4.78, 5) is 16.5. The average Bonchev–Trinajstić information content (AvgIpc) is 3.32. The minimum Gasteiger partial charge on any atom is -0.489 e. The van der Waals surface area contributed by atoms with Gasteiger partial charge in [-0.25, -0.2) is 4.39 Å². The summed E-state index contributed by atoms with van der Waals surface area (Å²) in [5.74, 6) is 1.32. The Morgan fingerprint density at radius 2 is 1.76 bits per heavy atom. The quantitative estimate of drug-likeness (QED) is 0.368. The average molecular weight is 445 g/mol. The molecule has 1 heterocycles. The first-order chi connectivity index (χ1) is 16.2. The fourth-order valence-corrected chi connectivity index (χ4v) is 3.27. The maximum atomic E-state index is 13.0. The SMILES string of the molecule is O=C(CCCc1nc(-c2ccc(F)cc2)no1)NCc1cccc(COc2ccccc2)c1. The predicted octanol–water partition coefficient (Wildman–Crippen LogP) is 5.09. The molecule has 0 atom stereocenters. The molecule has 4 rings (SSSR count). The van der Waals surface area contributed by atoms with E-state index in [2.05, 4.69) is 15.5 Å². The van der Waals surface area contributed by atoms with Crippen molar-refractivity contribution in [2.75, 3.05) is 0 Å². The van der Waals surface area contributed by atoms with Gasteiger partial charge in [0, 0.05) is 24.9 Å². The van der Waals surface area contributed by atoms with Crippen molar-refractivity contribution in [1.29, 1.82) is 0 Å². The van der Waals surface area contributed by atoms with Gasteiger partial charge in [0.1, 0.15) is 18.2 Å². The molecule has 3 aromatic carbocycles. The van der Waals surface area contributed by atoms with Crippen molar-refractivity contribution in [3.05, 3.63) is 102 Å². The van der Waals surface area contributed by atoms with E-state index in [-0.39, 0.29) is 11.7 Å². The number of aryl methyl sites for hydroxylation is 1. The Hall–Kier alpha value is -4.00. The highest BCUT2D eigenvalue weighted by Gasteiger charge is 2.10. The van der Waals surface area contributed by atoms with E-state index in [0.29, 0.717) is 49.7 Å². The summed E-state index contributed by atoms with van der Waals surface area (Å²) in [5, 5.41) is 6.85. The van der Waals surface area contributed by atoms with E-state index in [0.717, 1.165) is 16.9 Å². The number of benzene rings is 3. The number of halogens is 1. The van der Waals surface area contributed by atoms with Crippen LogP contribution in [0.4, 0.5) is 4.39 Å². The number of nitrogens with one attached hydrogen (secondary N) is 1. The molecule has 168 valence electrons. The molecule has 0 saturated carbocycles. The third-order valence-corrected chi connectivity index (χ3v) is 4.99. The molecule has 0 saturated heterocycles. The molecule has 0 fully saturated rings. The minimum atomic E-state index is -0.319. The number of hydrogen-bond acceptors (Lipinski definition) is 5. The van der Waals surface area contributed by atoms with Gasteiger partial charge in [0.25, 0.3) is 0 Å². The first-order valence-corrected chi connectivity index (χ1v) is 10.8. The number of rotatable bonds is 10. The minimum absolute atomic E-state index is 0.0424. The van der Waals surface area contributed by atoms with Gasteiger partial charge in [0.15, 0.2) is 0 Å². The molecule has 0 spiro atoms. The molecular weight excluding hydrogens is 421 g/mol. The number of hydrogen-bond donors (Lipinski definition) is 1. The number of ether oxygens (including phenoxy) is 1. The van der Waals surface area contributed by atoms with Crippen molar-refractivity contribution in [2.45, 2.75) is 32.4 Å². The van der Waals surface area contributed by atoms with Crippen LogP contribution in [0.1, 0.15) is 29.9 Å². The van der Waals surface area contributed by atoms with Crippen LogP contribution < -0.4 is 10.1 Å². The molecule has 0 radical (unpaired) electrons. The van der Waals surface area contributed by atoms with Crippen LogP contribution in [0.25, 0.3) is 11.4 Å². The summed E-state index contributed by atoms with van der Waals surface area (Å²) in [7, 11) is 0. The second-order valence-electron chi connectivity index (χ2n) is 7.57. The van der Waals surface area contributed by atoms with E-state index < -0.39 is 0 Å². The number of carbonyl (C=O) groups is 1. The highest BCUT2D eigenvalue weighted by Crippen LogP contribution is 2.17. The highest BCUT2D eigenvalue weighted by atomic mass is 19.1. The van der Waals surface area contributed by atoms with Crippen LogP contribution in [-0.4, -0.2) is 16.0 Å². The third kappa shape index (κ3) is 6.74. The van der Waals surface area contributed by atoms with Gasteiger partial charge < -0.3 is 14.6 Å². The molecule has 0 aliphatic carbocycles. The van der Waals surface area contributed by atoms with E-state index in [1.165, 1.54) is 12.1 Å². The van der Waals surface area contributed by atoms with Crippen molar-refractivity contribution in [2.24, 2.45) is 0 Å². The van der Waals surface area contributed by atoms with Crippen molar-refractivity contribution in [3.63, 3.8) is 0 Å². The van der Waals surface area contributed by atoms with Gasteiger partial charge in [0.05, 0.1) is 0 Å². The Morgan fingerprint density at radius 1 is 0.970 bits per heavy atom. The maximum Gasteiger partial charge on any atom is 0.226 e. The first-order valence-electron chi connectivity index (χ1n) is 10.8. The molecule has 0 bridgehead atoms. The molecule has 6 nitrogen and oxygen atoms in total. The smallest absolute Gasteiger partial charge is 0.226 e. The molecular formula is C26H24FN3O3. The lowest BCUT2D eigenvalue weighted by Crippen LogP contribution is -2.22. The Balaban J connectivity index is 1.19. The predicted molar refractivity (Wildman–Crippen MR) is 122 cm³/mol. The van der Waals surface area contributed by atoms with Gasteiger partial charge >= 0.3 is 0 Å². The zero-order valence-electron chi connectivity index (χ0n) is 18.0. The van der Waals surface area contributed by atoms with Crippen LogP contribution in [-0.2, 0) is 24.4 Å². The van der Waals surface area contributed by atoms with Crippen LogP contribution in [0.3, 0.4) is 0 Å². The molecule has 0 unspecified atom stereocenters. The molecule has 7 heteroatoms. The van der Waals surface area contributed by atoms with E-state index in [1.807, 2.05) is 54.6 Å². The van der Waals surface area contributed by atoms with Crippen LogP contribution in [0.5, 0.6) is 5.75 Å². The third-order valence-electron chi connectivity index (χ3n) is 4.99. The Bertz CT molecular complexity index is 1180. The molecule has 33 heavy (non-hydrogen) atoms. The molecule has 1 N–H and O–H groups in total. The molecule has 4 aromatic rings. The van der Waals surface area contributed by atoms with Crippen molar-refractivity contribution < 1.29 is 18.4 Å². The zero-order valence-corrected chi connectivity index (χ0v) is 18.0. The van der Waals surface area contributed by atoms with E-state index >= 15 is 0 Å². The van der Waals surface area contributed by atoms with E-state index in [9.17, 15) is 9.18 Å². The summed E-state index contributed by atoms with van der Waals surface area (Å²) in [6.45, 7) is 0.920. The second-order valence-corrected chi connectivity index (χ2v) is 7.57. The number of aromatic nitrogens is 2. The van der Waals surface area contributed by atoms with Crippen LogP contribution in [0.15, 0.2) is 83.4 Å². The van der Waals surface area contributed by atoms with Crippen LogP contribution in [0.2, 0.25) is 0 Å². The standard InChI is InChI=1S/C26H24FN3O3/c27-22-14-12-21(13-15-22)26-29-25(33-30-26)11-5-10-24(31)28-17-19-6-4-7-20(16-19)18-32-23-8-2-1-3-9-23/h1-4,6-9,12-16H,5,10-11,17-18H2,(H,28,31). The van der Waals surface area contributed by atoms with E-state index in [1.54, 1.807) is 12.1 Å². The zero-order chi connectivity index (χ0) is 22.9. The van der Waals surface area contributed by atoms with Crippen molar-refractivity contribution in [3.8, 4) is 17.1 Å². The van der Waals surface area contributed by atoms with Crippen molar-refractivity contribution in [1.82, 2.24) is 15.5 Å². The van der Waals surface area contributed by atoms with Gasteiger partial charge in [-0.15, -0.1) is 0 Å². The summed E-state index contributed by atoms with van der Waals surface area (Å²) in [6.07, 6.45) is 1.43. The van der Waals surface area contributed by atoms with Gasteiger partial charge in [-0.2, -0.15) is 4.98 Å². The topological polar surface area (TPSA) is 77.2 Å². The largest absolute Gasteiger partial charge is 0.489 e. The highest BCUT2D eigenvalue weighted by molar-refractivity contribution is 5.75. The van der Waals surface area contributed by atoms with E-state index in [4.69, 9.17) is 9.26 Å². The maximum absolute atomic E-state index is 13.0. The first kappa shape index (κ1) is 22.2. The summed E-state index contributed by atoms with van der Waals surface area (Å²) in [5.41, 5.74) is 2.73. The summed E-state index contributed by atoms with van der Waals surface area (Å²) >= 11 is 0. The Labute approximate surface area is 191 Å². The normalized spacial score (nSPS) is 10.7. The van der Waals surface area contributed by atoms with Crippen molar-refractivity contribution >= 4 is 5.91 Å². The Kier molecular flexibility index (Phi) is 7.43. The Morgan fingerprint density at radius 3 is 2.58 bits per heavy atom. The lowest BCUT2D eigenvalue weighted by atomic mass is 10.1. The lowest BCUT2D eigenvalue weighted by Gasteiger charge is -2.09.